The van der Waals surface area contributed by atoms with Gasteiger partial charge in [-0.3, -0.25) is 9.97 Å². The second-order valence-corrected chi connectivity index (χ2v) is 8.89. The molecule has 0 aliphatic carbocycles. The summed E-state index contributed by atoms with van der Waals surface area (Å²) < 4.78 is 47.9. The normalized spacial score (nSPS) is 10.7. The molecule has 3 aromatic carbocycles. The average molecular weight is 595 g/mol. The van der Waals surface area contributed by atoms with E-state index in [1.807, 2.05) is 30.3 Å². The third kappa shape index (κ3) is 7.31. The van der Waals surface area contributed by atoms with Gasteiger partial charge in [0.2, 0.25) is 0 Å². The molecule has 0 atom stereocenters. The number of nitrogens with one attached hydrogen (secondary N) is 1. The van der Waals surface area contributed by atoms with Gasteiger partial charge in [-0.25, -0.2) is 9.78 Å². The Morgan fingerprint density at radius 2 is 1.56 bits per heavy atom. The number of benzene rings is 3. The van der Waals surface area contributed by atoms with Crippen molar-refractivity contribution in [3.63, 3.8) is 0 Å². The molecule has 206 valence electrons. The molecule has 0 radical (unpaired) electrons. The number of pyridine rings is 1. The van der Waals surface area contributed by atoms with Crippen molar-refractivity contribution in [3.05, 3.63) is 129 Å². The standard InChI is InChI=1S/C30H18ClF3N4O2.ClH/c31-22-15-16-23(35-17-22)18-40-25-8-4-7-24(30(32,33)34)26(25)28-36-27(37-29(39)38-28)21-13-11-20(12-14-21)10-9-19-5-2-1-3-6-19;/h1-8,11-17H,18H2,(H,36,37,38,39);1H. The highest BCUT2D eigenvalue weighted by atomic mass is 35.5. The lowest BCUT2D eigenvalue weighted by Crippen LogP contribution is -2.17. The van der Waals surface area contributed by atoms with E-state index in [2.05, 4.69) is 31.8 Å². The number of nitrogens with zero attached hydrogens (tertiary/aromatic N) is 3. The maximum absolute atomic E-state index is 14.1. The highest BCUT2D eigenvalue weighted by Crippen LogP contribution is 2.41. The van der Waals surface area contributed by atoms with Crippen molar-refractivity contribution in [2.75, 3.05) is 0 Å². The van der Waals surface area contributed by atoms with Gasteiger partial charge in [-0.15, -0.1) is 12.4 Å². The Labute approximate surface area is 243 Å². The molecule has 11 heteroatoms. The fraction of sp³-hybridized carbons (Fsp3) is 0.0667. The Hall–Kier alpha value is -4.65. The van der Waals surface area contributed by atoms with E-state index in [-0.39, 0.29) is 36.4 Å². The van der Waals surface area contributed by atoms with Crippen LogP contribution in [-0.4, -0.2) is 19.9 Å². The van der Waals surface area contributed by atoms with Gasteiger partial charge in [0.15, 0.2) is 5.82 Å². The van der Waals surface area contributed by atoms with E-state index in [0.29, 0.717) is 21.8 Å². The number of hydrogen-bond donors (Lipinski definition) is 1. The number of H-pyrrole nitrogens is 1. The quantitative estimate of drug-likeness (QED) is 0.222. The van der Waals surface area contributed by atoms with Gasteiger partial charge in [0.1, 0.15) is 18.2 Å². The second-order valence-electron chi connectivity index (χ2n) is 8.45. The van der Waals surface area contributed by atoms with E-state index in [9.17, 15) is 18.0 Å². The summed E-state index contributed by atoms with van der Waals surface area (Å²) in [6, 6.07) is 22.8. The molecular formula is C30H19Cl2F3N4O2. The third-order valence-corrected chi connectivity index (χ3v) is 5.87. The van der Waals surface area contributed by atoms with Crippen LogP contribution in [0.25, 0.3) is 22.8 Å². The lowest BCUT2D eigenvalue weighted by molar-refractivity contribution is -0.137. The molecule has 2 aromatic heterocycles. The first-order valence-electron chi connectivity index (χ1n) is 11.9. The molecule has 0 unspecified atom stereocenters. The zero-order valence-corrected chi connectivity index (χ0v) is 22.5. The summed E-state index contributed by atoms with van der Waals surface area (Å²) in [5.74, 6) is 5.55. The molecule has 0 amide bonds. The highest BCUT2D eigenvalue weighted by molar-refractivity contribution is 6.30. The molecule has 0 saturated heterocycles. The van der Waals surface area contributed by atoms with Crippen molar-refractivity contribution in [3.8, 4) is 40.4 Å². The van der Waals surface area contributed by atoms with Crippen LogP contribution in [0, 0.1) is 11.8 Å². The topological polar surface area (TPSA) is 80.8 Å². The first-order valence-corrected chi connectivity index (χ1v) is 12.2. The molecular weight excluding hydrogens is 576 g/mol. The van der Waals surface area contributed by atoms with E-state index in [4.69, 9.17) is 16.3 Å². The van der Waals surface area contributed by atoms with Gasteiger partial charge in [-0.05, 0) is 60.7 Å². The maximum atomic E-state index is 14.1. The molecule has 0 aliphatic rings. The van der Waals surface area contributed by atoms with E-state index in [1.165, 1.54) is 18.3 Å². The monoisotopic (exact) mass is 594 g/mol. The minimum atomic E-state index is -4.76. The predicted octanol–water partition coefficient (Wildman–Crippen LogP) is 6.97. The Kier molecular flexibility index (Phi) is 9.07. The van der Waals surface area contributed by atoms with E-state index < -0.39 is 23.0 Å². The summed E-state index contributed by atoms with van der Waals surface area (Å²) in [5.41, 5.74) is 0.107. The van der Waals surface area contributed by atoms with Gasteiger partial charge >= 0.3 is 11.9 Å². The number of ether oxygens (including phenoxy) is 1. The number of aromatic nitrogens is 4. The lowest BCUT2D eigenvalue weighted by atomic mass is 10.0. The van der Waals surface area contributed by atoms with Crippen LogP contribution in [0.3, 0.4) is 0 Å². The highest BCUT2D eigenvalue weighted by Gasteiger charge is 2.36. The van der Waals surface area contributed by atoms with Gasteiger partial charge in [0, 0.05) is 22.9 Å². The van der Waals surface area contributed by atoms with Crippen molar-refractivity contribution >= 4 is 24.0 Å². The molecule has 0 aliphatic heterocycles. The third-order valence-electron chi connectivity index (χ3n) is 5.65. The minimum absolute atomic E-state index is 0. The van der Waals surface area contributed by atoms with Gasteiger partial charge in [0.05, 0.1) is 21.8 Å². The van der Waals surface area contributed by atoms with Crippen LogP contribution in [0.1, 0.15) is 22.4 Å². The maximum Gasteiger partial charge on any atom is 0.417 e. The molecule has 0 fully saturated rings. The van der Waals surface area contributed by atoms with Crippen LogP contribution in [-0.2, 0) is 12.8 Å². The van der Waals surface area contributed by atoms with E-state index >= 15 is 0 Å². The van der Waals surface area contributed by atoms with E-state index in [1.54, 1.807) is 36.4 Å². The smallest absolute Gasteiger partial charge is 0.417 e. The van der Waals surface area contributed by atoms with Crippen LogP contribution >= 0.6 is 24.0 Å². The van der Waals surface area contributed by atoms with Crippen molar-refractivity contribution in [2.45, 2.75) is 12.8 Å². The van der Waals surface area contributed by atoms with Crippen molar-refractivity contribution in [1.82, 2.24) is 19.9 Å². The van der Waals surface area contributed by atoms with Gasteiger partial charge in [0.25, 0.3) is 0 Å². The van der Waals surface area contributed by atoms with Crippen molar-refractivity contribution < 1.29 is 17.9 Å². The molecule has 0 bridgehead atoms. The largest absolute Gasteiger partial charge is 0.487 e. The van der Waals surface area contributed by atoms with Crippen LogP contribution in [0.5, 0.6) is 5.75 Å². The second kappa shape index (κ2) is 12.7. The fourth-order valence-electron chi connectivity index (χ4n) is 3.78. The molecule has 0 saturated carbocycles. The molecule has 6 nitrogen and oxygen atoms in total. The summed E-state index contributed by atoms with van der Waals surface area (Å²) in [5, 5.41) is 0.408. The molecule has 0 spiro atoms. The summed E-state index contributed by atoms with van der Waals surface area (Å²) in [4.78, 5) is 27.1. The van der Waals surface area contributed by atoms with E-state index in [0.717, 1.165) is 11.6 Å². The summed E-state index contributed by atoms with van der Waals surface area (Å²) in [6.07, 6.45) is -3.35. The van der Waals surface area contributed by atoms with Crippen LogP contribution < -0.4 is 10.4 Å². The predicted molar refractivity (Wildman–Crippen MR) is 152 cm³/mol. The zero-order valence-electron chi connectivity index (χ0n) is 20.9. The number of halogens is 5. The van der Waals surface area contributed by atoms with Gasteiger partial charge < -0.3 is 4.74 Å². The zero-order chi connectivity index (χ0) is 28.1. The first-order chi connectivity index (χ1) is 19.3. The minimum Gasteiger partial charge on any atom is -0.487 e. The number of alkyl halides is 3. The average Bonchev–Trinajstić information content (AvgIpc) is 2.95. The van der Waals surface area contributed by atoms with Crippen LogP contribution in [0.4, 0.5) is 13.2 Å². The Morgan fingerprint density at radius 1 is 0.854 bits per heavy atom. The van der Waals surface area contributed by atoms with Gasteiger partial charge in [-0.1, -0.05) is 47.7 Å². The number of aromatic amines is 1. The van der Waals surface area contributed by atoms with Crippen LogP contribution in [0.15, 0.2) is 95.9 Å². The summed E-state index contributed by atoms with van der Waals surface area (Å²) in [6.45, 7) is -0.140. The Morgan fingerprint density at radius 3 is 2.22 bits per heavy atom. The fourth-order valence-corrected chi connectivity index (χ4v) is 3.89. The first kappa shape index (κ1) is 29.3. The molecule has 2 heterocycles. The number of rotatable bonds is 5. The van der Waals surface area contributed by atoms with Crippen LogP contribution in [0.2, 0.25) is 5.02 Å². The molecule has 1 N–H and O–H groups in total. The Balaban J connectivity index is 0.00000387. The molecule has 5 aromatic rings. The Bertz CT molecular complexity index is 1770. The van der Waals surface area contributed by atoms with Gasteiger partial charge in [-0.2, -0.15) is 18.2 Å². The molecule has 41 heavy (non-hydrogen) atoms. The number of hydrogen-bond acceptors (Lipinski definition) is 5. The van der Waals surface area contributed by atoms with Crippen molar-refractivity contribution in [1.29, 1.82) is 0 Å². The lowest BCUT2D eigenvalue weighted by Gasteiger charge is -2.17. The van der Waals surface area contributed by atoms with Crippen molar-refractivity contribution in [2.24, 2.45) is 0 Å². The molecule has 5 rings (SSSR count). The SMILES string of the molecule is Cl.O=c1nc(-c2ccc(C#Cc3ccccc3)cc2)nc(-c2c(OCc3ccc(Cl)cn3)cccc2C(F)(F)F)[nH]1. The summed E-state index contributed by atoms with van der Waals surface area (Å²) >= 11 is 5.85. The summed E-state index contributed by atoms with van der Waals surface area (Å²) in [7, 11) is 0.